The Labute approximate surface area is 160 Å². The number of hydrogen-bond acceptors (Lipinski definition) is 4. The molecule has 1 rings (SSSR count). The second kappa shape index (κ2) is 12.6. The highest BCUT2D eigenvalue weighted by atomic mass is 16.2. The molecule has 1 atom stereocenters. The molecule has 1 aromatic carbocycles. The standard InChI is InChI=1S/C20H29N3O4/c1-2-3-4-5-9-12-18(25)23-16(13-17(21)24)19(26)20(27)22-14-15-10-7-6-8-11-15/h6-8,10-11,16H,2-5,9,12-14H2,1H3,(H2,21,24)(H,22,27)(H,23,25)/t16-/m1/s1. The van der Waals surface area contributed by atoms with Crippen LogP contribution >= 0.6 is 0 Å². The lowest BCUT2D eigenvalue weighted by Gasteiger charge is -2.16. The van der Waals surface area contributed by atoms with Gasteiger partial charge in [0.15, 0.2) is 0 Å². The van der Waals surface area contributed by atoms with Crippen molar-refractivity contribution in [3.63, 3.8) is 0 Å². The van der Waals surface area contributed by atoms with Gasteiger partial charge in [0, 0.05) is 13.0 Å². The molecule has 7 nitrogen and oxygen atoms in total. The lowest BCUT2D eigenvalue weighted by Crippen LogP contribution is -2.49. The molecule has 148 valence electrons. The molecule has 0 spiro atoms. The second-order valence-electron chi connectivity index (χ2n) is 6.49. The lowest BCUT2D eigenvalue weighted by atomic mass is 10.1. The van der Waals surface area contributed by atoms with E-state index in [1.807, 2.05) is 30.3 Å². The molecular formula is C20H29N3O4. The minimum atomic E-state index is -1.23. The summed E-state index contributed by atoms with van der Waals surface area (Å²) in [5, 5.41) is 4.97. The zero-order chi connectivity index (χ0) is 20.1. The fourth-order valence-electron chi connectivity index (χ4n) is 2.59. The smallest absolute Gasteiger partial charge is 0.289 e. The predicted molar refractivity (Wildman–Crippen MR) is 102 cm³/mol. The number of primary amides is 1. The lowest BCUT2D eigenvalue weighted by molar-refractivity contribution is -0.140. The first-order valence-electron chi connectivity index (χ1n) is 9.37. The van der Waals surface area contributed by atoms with Crippen molar-refractivity contribution in [1.82, 2.24) is 10.6 Å². The Morgan fingerprint density at radius 1 is 1.00 bits per heavy atom. The van der Waals surface area contributed by atoms with Crippen LogP contribution in [-0.2, 0) is 25.7 Å². The third kappa shape index (κ3) is 9.53. The van der Waals surface area contributed by atoms with Crippen LogP contribution in [0.5, 0.6) is 0 Å². The molecule has 7 heteroatoms. The molecule has 0 aliphatic rings. The number of ketones is 1. The van der Waals surface area contributed by atoms with E-state index < -0.39 is 30.1 Å². The van der Waals surface area contributed by atoms with Crippen molar-refractivity contribution >= 4 is 23.5 Å². The Bertz CT molecular complexity index is 631. The average molecular weight is 375 g/mol. The van der Waals surface area contributed by atoms with Crippen LogP contribution in [0.15, 0.2) is 30.3 Å². The van der Waals surface area contributed by atoms with Gasteiger partial charge in [-0.05, 0) is 12.0 Å². The van der Waals surface area contributed by atoms with Crippen molar-refractivity contribution in [2.45, 2.75) is 64.5 Å². The number of nitrogens with one attached hydrogen (secondary N) is 2. The van der Waals surface area contributed by atoms with E-state index in [0.717, 1.165) is 31.2 Å². The molecule has 0 aliphatic heterocycles. The van der Waals surface area contributed by atoms with Crippen molar-refractivity contribution < 1.29 is 19.2 Å². The van der Waals surface area contributed by atoms with E-state index in [1.165, 1.54) is 0 Å². The van der Waals surface area contributed by atoms with Gasteiger partial charge in [-0.25, -0.2) is 0 Å². The summed E-state index contributed by atoms with van der Waals surface area (Å²) in [5.74, 6) is -2.84. The van der Waals surface area contributed by atoms with Gasteiger partial charge >= 0.3 is 0 Å². The number of amides is 3. The molecule has 4 N–H and O–H groups in total. The molecule has 0 saturated carbocycles. The first-order valence-corrected chi connectivity index (χ1v) is 9.37. The van der Waals surface area contributed by atoms with Crippen molar-refractivity contribution in [2.24, 2.45) is 5.73 Å². The third-order valence-corrected chi connectivity index (χ3v) is 4.08. The van der Waals surface area contributed by atoms with E-state index >= 15 is 0 Å². The molecule has 27 heavy (non-hydrogen) atoms. The maximum Gasteiger partial charge on any atom is 0.289 e. The summed E-state index contributed by atoms with van der Waals surface area (Å²) >= 11 is 0. The number of hydrogen-bond donors (Lipinski definition) is 3. The van der Waals surface area contributed by atoms with Gasteiger partial charge in [-0.15, -0.1) is 0 Å². The van der Waals surface area contributed by atoms with Crippen LogP contribution < -0.4 is 16.4 Å². The van der Waals surface area contributed by atoms with Gasteiger partial charge in [0.2, 0.25) is 17.6 Å². The van der Waals surface area contributed by atoms with E-state index in [-0.39, 0.29) is 18.9 Å². The first kappa shape index (κ1) is 22.3. The zero-order valence-electron chi connectivity index (χ0n) is 15.8. The van der Waals surface area contributed by atoms with Crippen LogP contribution in [0.2, 0.25) is 0 Å². The summed E-state index contributed by atoms with van der Waals surface area (Å²) in [6.07, 6.45) is 4.74. The van der Waals surface area contributed by atoms with Gasteiger partial charge in [-0.2, -0.15) is 0 Å². The molecule has 0 aromatic heterocycles. The first-order chi connectivity index (χ1) is 12.9. The van der Waals surface area contributed by atoms with E-state index in [0.29, 0.717) is 6.42 Å². The van der Waals surface area contributed by atoms with E-state index in [2.05, 4.69) is 17.6 Å². The van der Waals surface area contributed by atoms with Crippen molar-refractivity contribution in [3.05, 3.63) is 35.9 Å². The third-order valence-electron chi connectivity index (χ3n) is 4.08. The molecular weight excluding hydrogens is 346 g/mol. The minimum absolute atomic E-state index is 0.181. The largest absolute Gasteiger partial charge is 0.370 e. The molecule has 0 saturated heterocycles. The molecule has 0 fully saturated rings. The van der Waals surface area contributed by atoms with Crippen molar-refractivity contribution in [1.29, 1.82) is 0 Å². The Morgan fingerprint density at radius 2 is 1.67 bits per heavy atom. The normalized spacial score (nSPS) is 11.4. The van der Waals surface area contributed by atoms with Crippen molar-refractivity contribution in [2.75, 3.05) is 0 Å². The summed E-state index contributed by atoms with van der Waals surface area (Å²) in [6, 6.07) is 7.87. The van der Waals surface area contributed by atoms with Gasteiger partial charge in [-0.1, -0.05) is 62.9 Å². The van der Waals surface area contributed by atoms with E-state index in [4.69, 9.17) is 5.73 Å². The average Bonchev–Trinajstić information content (AvgIpc) is 2.65. The van der Waals surface area contributed by atoms with Crippen LogP contribution in [0.3, 0.4) is 0 Å². The maximum atomic E-state index is 12.3. The minimum Gasteiger partial charge on any atom is -0.370 e. The molecule has 0 aliphatic carbocycles. The SMILES string of the molecule is CCCCCCCC(=O)N[C@H](CC(N)=O)C(=O)C(=O)NCc1ccccc1. The van der Waals surface area contributed by atoms with Gasteiger partial charge in [0.25, 0.3) is 5.91 Å². The van der Waals surface area contributed by atoms with Crippen LogP contribution in [0.1, 0.15) is 57.4 Å². The van der Waals surface area contributed by atoms with Gasteiger partial charge in [0.05, 0.1) is 6.42 Å². The maximum absolute atomic E-state index is 12.3. The monoisotopic (exact) mass is 375 g/mol. The number of nitrogens with two attached hydrogens (primary N) is 1. The topological polar surface area (TPSA) is 118 Å². The number of Topliss-reactive ketones (excluding diaryl/α,β-unsaturated/α-hetero) is 1. The highest BCUT2D eigenvalue weighted by molar-refractivity contribution is 6.38. The summed E-state index contributed by atoms with van der Waals surface area (Å²) in [4.78, 5) is 47.6. The summed E-state index contributed by atoms with van der Waals surface area (Å²) in [5.41, 5.74) is 5.99. The Hall–Kier alpha value is -2.70. The van der Waals surface area contributed by atoms with Crippen LogP contribution in [-0.4, -0.2) is 29.5 Å². The van der Waals surface area contributed by atoms with Crippen LogP contribution in [0.25, 0.3) is 0 Å². The van der Waals surface area contributed by atoms with Gasteiger partial charge in [0.1, 0.15) is 6.04 Å². The van der Waals surface area contributed by atoms with Crippen LogP contribution in [0.4, 0.5) is 0 Å². The molecule has 0 heterocycles. The number of carbonyl (C=O) groups is 4. The predicted octanol–water partition coefficient (Wildman–Crippen LogP) is 1.59. The summed E-state index contributed by atoms with van der Waals surface area (Å²) < 4.78 is 0. The molecule has 3 amide bonds. The molecule has 0 unspecified atom stereocenters. The Kier molecular flexibility index (Phi) is 10.4. The molecule has 0 bridgehead atoms. The second-order valence-corrected chi connectivity index (χ2v) is 6.49. The highest BCUT2D eigenvalue weighted by Crippen LogP contribution is 2.06. The van der Waals surface area contributed by atoms with Crippen molar-refractivity contribution in [3.8, 4) is 0 Å². The number of carbonyl (C=O) groups excluding carboxylic acids is 4. The molecule has 1 aromatic rings. The Balaban J connectivity index is 2.52. The fourth-order valence-corrected chi connectivity index (χ4v) is 2.59. The summed E-state index contributed by atoms with van der Waals surface area (Å²) in [6.45, 7) is 2.29. The quantitative estimate of drug-likeness (QED) is 0.358. The number of rotatable bonds is 13. The van der Waals surface area contributed by atoms with Crippen LogP contribution in [0, 0.1) is 0 Å². The van der Waals surface area contributed by atoms with E-state index in [1.54, 1.807) is 0 Å². The van der Waals surface area contributed by atoms with E-state index in [9.17, 15) is 19.2 Å². The number of unbranched alkanes of at least 4 members (excludes halogenated alkanes) is 4. The van der Waals surface area contributed by atoms with Gasteiger partial charge in [-0.3, -0.25) is 19.2 Å². The fraction of sp³-hybridized carbons (Fsp3) is 0.500. The number of benzene rings is 1. The summed E-state index contributed by atoms with van der Waals surface area (Å²) in [7, 11) is 0. The zero-order valence-corrected chi connectivity index (χ0v) is 15.8. The van der Waals surface area contributed by atoms with Gasteiger partial charge < -0.3 is 16.4 Å². The highest BCUT2D eigenvalue weighted by Gasteiger charge is 2.28. The Morgan fingerprint density at radius 3 is 2.30 bits per heavy atom. The molecule has 0 radical (unpaired) electrons.